The lowest BCUT2D eigenvalue weighted by atomic mass is 9.95. The summed E-state index contributed by atoms with van der Waals surface area (Å²) in [5, 5.41) is 10.2. The highest BCUT2D eigenvalue weighted by Crippen LogP contribution is 2.34. The zero-order valence-corrected chi connectivity index (χ0v) is 9.34. The summed E-state index contributed by atoms with van der Waals surface area (Å²) in [7, 11) is 0. The number of fused-ring (bicyclic) bond motifs is 1. The van der Waals surface area contributed by atoms with Gasteiger partial charge < -0.3 is 9.84 Å². The molecule has 2 atom stereocenters. The zero-order valence-electron chi connectivity index (χ0n) is 10.3. The molecule has 17 heavy (non-hydrogen) atoms. The Balaban J connectivity index is 2.05. The number of hydrogen-bond donors (Lipinski definition) is 1. The molecule has 1 aliphatic heterocycles. The standard InChI is InChI=1S/C15H14O2/c16-13-10-12-8-4-5-9-14(12)17-15(13)11-6-2-1-3-7-11/h1-9,13,15-16H,10H2/i15D. The largest absolute Gasteiger partial charge is 0.483 e. The zero-order chi connectivity index (χ0) is 12.6. The van der Waals surface area contributed by atoms with Gasteiger partial charge in [-0.05, 0) is 17.2 Å². The molecule has 1 heterocycles. The Bertz CT molecular complexity index is 555. The molecule has 0 spiro atoms. The second-order valence-electron chi connectivity index (χ2n) is 4.16. The maximum Gasteiger partial charge on any atom is 0.150 e. The van der Waals surface area contributed by atoms with Crippen molar-refractivity contribution in [3.05, 3.63) is 65.7 Å². The molecule has 2 nitrogen and oxygen atoms in total. The highest BCUT2D eigenvalue weighted by atomic mass is 16.5. The fourth-order valence-corrected chi connectivity index (χ4v) is 2.11. The van der Waals surface area contributed by atoms with Gasteiger partial charge in [0.25, 0.3) is 0 Å². The quantitative estimate of drug-likeness (QED) is 0.811. The van der Waals surface area contributed by atoms with E-state index in [1.807, 2.05) is 54.6 Å². The van der Waals surface area contributed by atoms with Crippen LogP contribution in [0.4, 0.5) is 0 Å². The predicted octanol–water partition coefficient (Wildman–Crippen LogP) is 2.72. The summed E-state index contributed by atoms with van der Waals surface area (Å²) in [6, 6.07) is 16.8. The first-order chi connectivity index (χ1) is 8.70. The van der Waals surface area contributed by atoms with Crippen molar-refractivity contribution in [3.63, 3.8) is 0 Å². The molecule has 2 heteroatoms. The van der Waals surface area contributed by atoms with Gasteiger partial charge in [0.1, 0.15) is 11.8 Å². The van der Waals surface area contributed by atoms with Crippen LogP contribution in [-0.4, -0.2) is 11.2 Å². The normalized spacial score (nSPS) is 27.8. The van der Waals surface area contributed by atoms with Gasteiger partial charge >= 0.3 is 0 Å². The Hall–Kier alpha value is -1.80. The van der Waals surface area contributed by atoms with Crippen molar-refractivity contribution >= 4 is 0 Å². The van der Waals surface area contributed by atoms with E-state index in [9.17, 15) is 5.11 Å². The van der Waals surface area contributed by atoms with E-state index in [0.29, 0.717) is 17.7 Å². The molecule has 0 saturated carbocycles. The van der Waals surface area contributed by atoms with Gasteiger partial charge in [-0.2, -0.15) is 0 Å². The molecule has 0 fully saturated rings. The summed E-state index contributed by atoms with van der Waals surface area (Å²) < 4.78 is 14.2. The summed E-state index contributed by atoms with van der Waals surface area (Å²) in [6.45, 7) is 0. The third kappa shape index (κ3) is 1.92. The molecule has 2 aromatic rings. The Morgan fingerprint density at radius 2 is 1.76 bits per heavy atom. The van der Waals surface area contributed by atoms with Crippen LogP contribution in [0, 0.1) is 0 Å². The summed E-state index contributed by atoms with van der Waals surface area (Å²) in [4.78, 5) is 0. The van der Waals surface area contributed by atoms with E-state index in [2.05, 4.69) is 0 Å². The number of hydrogen-bond acceptors (Lipinski definition) is 2. The molecular formula is C15H14O2. The van der Waals surface area contributed by atoms with E-state index in [1.54, 1.807) is 0 Å². The maximum absolute atomic E-state index is 10.2. The van der Waals surface area contributed by atoms with Gasteiger partial charge in [0.15, 0.2) is 0 Å². The molecule has 0 aliphatic carbocycles. The third-order valence-corrected chi connectivity index (χ3v) is 2.97. The van der Waals surface area contributed by atoms with Gasteiger partial charge in [-0.1, -0.05) is 48.5 Å². The van der Waals surface area contributed by atoms with Crippen LogP contribution in [0.1, 0.15) is 18.6 Å². The first-order valence-electron chi connectivity index (χ1n) is 6.20. The van der Waals surface area contributed by atoms with Crippen LogP contribution in [0.5, 0.6) is 5.75 Å². The molecule has 0 amide bonds. The van der Waals surface area contributed by atoms with Crippen molar-refractivity contribution in [3.8, 4) is 5.75 Å². The number of aliphatic hydroxyl groups is 1. The van der Waals surface area contributed by atoms with Crippen LogP contribution < -0.4 is 4.74 Å². The van der Waals surface area contributed by atoms with Gasteiger partial charge in [-0.15, -0.1) is 0 Å². The van der Waals surface area contributed by atoms with Crippen LogP contribution in [0.25, 0.3) is 0 Å². The fourth-order valence-electron chi connectivity index (χ4n) is 2.11. The lowest BCUT2D eigenvalue weighted by molar-refractivity contribution is 0.0208. The smallest absolute Gasteiger partial charge is 0.150 e. The predicted molar refractivity (Wildman–Crippen MR) is 66.0 cm³/mol. The molecule has 0 aromatic heterocycles. The summed E-state index contributed by atoms with van der Waals surface area (Å²) in [5.41, 5.74) is 1.62. The molecule has 86 valence electrons. The minimum atomic E-state index is -1.42. The van der Waals surface area contributed by atoms with Crippen LogP contribution in [-0.2, 0) is 6.42 Å². The van der Waals surface area contributed by atoms with E-state index >= 15 is 0 Å². The molecule has 2 unspecified atom stereocenters. The van der Waals surface area contributed by atoms with E-state index in [4.69, 9.17) is 6.11 Å². The highest BCUT2D eigenvalue weighted by molar-refractivity contribution is 5.37. The van der Waals surface area contributed by atoms with Gasteiger partial charge in [0.05, 0.1) is 7.47 Å². The van der Waals surface area contributed by atoms with Gasteiger partial charge in [-0.3, -0.25) is 0 Å². The maximum atomic E-state index is 10.2. The van der Waals surface area contributed by atoms with E-state index in [1.165, 1.54) is 0 Å². The summed E-state index contributed by atoms with van der Waals surface area (Å²) in [6.07, 6.45) is -1.85. The first-order valence-corrected chi connectivity index (χ1v) is 5.70. The topological polar surface area (TPSA) is 29.5 Å². The van der Waals surface area contributed by atoms with Gasteiger partial charge in [0, 0.05) is 6.42 Å². The van der Waals surface area contributed by atoms with Crippen LogP contribution >= 0.6 is 0 Å². The van der Waals surface area contributed by atoms with Crippen molar-refractivity contribution in [1.82, 2.24) is 0 Å². The average molecular weight is 227 g/mol. The van der Waals surface area contributed by atoms with E-state index in [-0.39, 0.29) is 0 Å². The molecule has 1 N–H and O–H groups in total. The van der Waals surface area contributed by atoms with Crippen molar-refractivity contribution in [1.29, 1.82) is 0 Å². The molecule has 3 rings (SSSR count). The Morgan fingerprint density at radius 1 is 1.06 bits per heavy atom. The number of ether oxygens (including phenoxy) is 1. The molecule has 1 aliphatic rings. The number of benzene rings is 2. The van der Waals surface area contributed by atoms with Crippen molar-refractivity contribution < 1.29 is 11.2 Å². The molecule has 0 radical (unpaired) electrons. The number of rotatable bonds is 1. The minimum absolute atomic E-state index is 0.439. The Morgan fingerprint density at radius 3 is 2.59 bits per heavy atom. The van der Waals surface area contributed by atoms with Crippen LogP contribution in [0.2, 0.25) is 0 Å². The third-order valence-electron chi connectivity index (χ3n) is 2.97. The number of aliphatic hydroxyl groups excluding tert-OH is 1. The van der Waals surface area contributed by atoms with Gasteiger partial charge in [-0.25, -0.2) is 0 Å². The van der Waals surface area contributed by atoms with Crippen molar-refractivity contribution in [2.45, 2.75) is 18.6 Å². The first kappa shape index (κ1) is 9.25. The lowest BCUT2D eigenvalue weighted by Gasteiger charge is -2.30. The second kappa shape index (κ2) is 4.22. The monoisotopic (exact) mass is 227 g/mol. The number of para-hydroxylation sites is 1. The minimum Gasteiger partial charge on any atom is -0.483 e. The molecule has 2 aromatic carbocycles. The molecule has 0 bridgehead atoms. The molecule has 0 saturated heterocycles. The summed E-state index contributed by atoms with van der Waals surface area (Å²) in [5.74, 6) is 0.682. The highest BCUT2D eigenvalue weighted by Gasteiger charge is 2.29. The molecular weight excluding hydrogens is 212 g/mol. The van der Waals surface area contributed by atoms with Crippen LogP contribution in [0.15, 0.2) is 54.6 Å². The SMILES string of the molecule is [2H]C1(c2ccccc2)Oc2ccccc2CC1O. The van der Waals surface area contributed by atoms with E-state index in [0.717, 1.165) is 5.56 Å². The second-order valence-corrected chi connectivity index (χ2v) is 4.16. The fraction of sp³-hybridized carbons (Fsp3) is 0.200. The lowest BCUT2D eigenvalue weighted by Crippen LogP contribution is -2.30. The summed E-state index contributed by atoms with van der Waals surface area (Å²) >= 11 is 0. The van der Waals surface area contributed by atoms with Crippen molar-refractivity contribution in [2.24, 2.45) is 0 Å². The van der Waals surface area contributed by atoms with Gasteiger partial charge in [0.2, 0.25) is 0 Å². The Labute approximate surface area is 102 Å². The Kier molecular flexibility index (Phi) is 2.30. The van der Waals surface area contributed by atoms with Crippen molar-refractivity contribution in [2.75, 3.05) is 0 Å². The van der Waals surface area contributed by atoms with E-state index < -0.39 is 12.2 Å². The van der Waals surface area contributed by atoms with Crippen LogP contribution in [0.3, 0.4) is 0 Å². The average Bonchev–Trinajstić information content (AvgIpc) is 2.41.